The van der Waals surface area contributed by atoms with Gasteiger partial charge in [-0.25, -0.2) is 0 Å². The molecule has 1 N–H and O–H groups in total. The maximum atomic E-state index is 12.8. The second-order valence-electron chi connectivity index (χ2n) is 6.53. The Kier molecular flexibility index (Phi) is 7.29. The van der Waals surface area contributed by atoms with Gasteiger partial charge < -0.3 is 24.3 Å². The molecule has 6 nitrogen and oxygen atoms in total. The van der Waals surface area contributed by atoms with Crippen molar-refractivity contribution in [1.82, 2.24) is 0 Å². The third-order valence-electron chi connectivity index (χ3n) is 4.55. The van der Waals surface area contributed by atoms with Gasteiger partial charge in [0.15, 0.2) is 11.5 Å². The molecule has 0 spiro atoms. The summed E-state index contributed by atoms with van der Waals surface area (Å²) in [6.45, 7) is 0.807. The smallest absolute Gasteiger partial charge is 0.255 e. The molecule has 0 bridgehead atoms. The summed E-state index contributed by atoms with van der Waals surface area (Å²) in [5.41, 5.74) is 2.99. The number of benzene rings is 3. The van der Waals surface area contributed by atoms with Gasteiger partial charge in [0.2, 0.25) is 0 Å². The molecule has 0 radical (unpaired) electrons. The Morgan fingerprint density at radius 1 is 0.767 bits per heavy atom. The molecule has 1 amide bonds. The molecule has 0 aliphatic rings. The number of ether oxygens (including phenoxy) is 4. The minimum atomic E-state index is -0.241. The predicted molar refractivity (Wildman–Crippen MR) is 115 cm³/mol. The lowest BCUT2D eigenvalue weighted by Gasteiger charge is -2.13. The van der Waals surface area contributed by atoms with Crippen LogP contribution in [0.3, 0.4) is 0 Å². The van der Waals surface area contributed by atoms with Gasteiger partial charge in [-0.3, -0.25) is 4.79 Å². The first kappa shape index (κ1) is 21.2. The Morgan fingerprint density at radius 2 is 1.47 bits per heavy atom. The molecule has 0 atom stereocenters. The van der Waals surface area contributed by atoms with Crippen molar-refractivity contribution in [2.45, 2.75) is 13.2 Å². The maximum Gasteiger partial charge on any atom is 0.255 e. The highest BCUT2D eigenvalue weighted by molar-refractivity contribution is 6.04. The zero-order valence-corrected chi connectivity index (χ0v) is 17.3. The molecule has 0 saturated carbocycles. The first-order valence-electron chi connectivity index (χ1n) is 9.46. The average molecular weight is 407 g/mol. The number of carbonyl (C=O) groups is 1. The van der Waals surface area contributed by atoms with Crippen LogP contribution in [0.1, 0.15) is 21.5 Å². The highest BCUT2D eigenvalue weighted by Crippen LogP contribution is 2.30. The van der Waals surface area contributed by atoms with Gasteiger partial charge in [-0.1, -0.05) is 30.3 Å². The fraction of sp³-hybridized carbons (Fsp3) is 0.208. The van der Waals surface area contributed by atoms with Crippen LogP contribution < -0.4 is 19.5 Å². The van der Waals surface area contributed by atoms with Gasteiger partial charge in [0.25, 0.3) is 5.91 Å². The van der Waals surface area contributed by atoms with Crippen LogP contribution in [0.4, 0.5) is 5.69 Å². The summed E-state index contributed by atoms with van der Waals surface area (Å²) < 4.78 is 21.7. The first-order chi connectivity index (χ1) is 14.6. The molecule has 3 aromatic rings. The van der Waals surface area contributed by atoms with Crippen LogP contribution >= 0.6 is 0 Å². The van der Waals surface area contributed by atoms with E-state index in [4.69, 9.17) is 18.9 Å². The SMILES string of the molecule is COc1ccc(C(=O)Nc2ccc(OC)c(OC)c2)cc1COCc1ccccc1. The highest BCUT2D eigenvalue weighted by Gasteiger charge is 2.12. The number of hydrogen-bond acceptors (Lipinski definition) is 5. The van der Waals surface area contributed by atoms with Crippen LogP contribution in [0.25, 0.3) is 0 Å². The average Bonchev–Trinajstić information content (AvgIpc) is 2.79. The molecule has 0 unspecified atom stereocenters. The van der Waals surface area contributed by atoms with Gasteiger partial charge in [-0.05, 0) is 35.9 Å². The van der Waals surface area contributed by atoms with Gasteiger partial charge in [0.1, 0.15) is 5.75 Å². The lowest BCUT2D eigenvalue weighted by molar-refractivity contribution is 0.102. The number of amides is 1. The van der Waals surface area contributed by atoms with Crippen molar-refractivity contribution < 1.29 is 23.7 Å². The van der Waals surface area contributed by atoms with E-state index in [1.165, 1.54) is 0 Å². The van der Waals surface area contributed by atoms with E-state index in [-0.39, 0.29) is 5.91 Å². The molecule has 0 heterocycles. The van der Waals surface area contributed by atoms with Crippen molar-refractivity contribution in [3.05, 3.63) is 83.4 Å². The second-order valence-corrected chi connectivity index (χ2v) is 6.53. The molecule has 3 aromatic carbocycles. The molecule has 30 heavy (non-hydrogen) atoms. The van der Waals surface area contributed by atoms with E-state index < -0.39 is 0 Å². The van der Waals surface area contributed by atoms with Crippen molar-refractivity contribution in [2.24, 2.45) is 0 Å². The van der Waals surface area contributed by atoms with E-state index in [2.05, 4.69) is 5.32 Å². The number of anilines is 1. The van der Waals surface area contributed by atoms with Crippen molar-refractivity contribution in [1.29, 1.82) is 0 Å². The summed E-state index contributed by atoms with van der Waals surface area (Å²) in [6.07, 6.45) is 0. The summed E-state index contributed by atoms with van der Waals surface area (Å²) in [7, 11) is 4.71. The van der Waals surface area contributed by atoms with Crippen LogP contribution in [-0.2, 0) is 18.0 Å². The standard InChI is InChI=1S/C24H25NO5/c1-27-21-11-9-18(13-19(21)16-30-15-17-7-5-4-6-8-17)24(26)25-20-10-12-22(28-2)23(14-20)29-3/h4-14H,15-16H2,1-3H3,(H,25,26). The molecule has 6 heteroatoms. The quantitative estimate of drug-likeness (QED) is 0.558. The van der Waals surface area contributed by atoms with E-state index in [0.717, 1.165) is 11.1 Å². The van der Waals surface area contributed by atoms with Gasteiger partial charge >= 0.3 is 0 Å². The number of carbonyl (C=O) groups excluding carboxylic acids is 1. The highest BCUT2D eigenvalue weighted by atomic mass is 16.5. The minimum Gasteiger partial charge on any atom is -0.496 e. The van der Waals surface area contributed by atoms with E-state index >= 15 is 0 Å². The fourth-order valence-corrected chi connectivity index (χ4v) is 3.00. The first-order valence-corrected chi connectivity index (χ1v) is 9.46. The number of nitrogens with one attached hydrogen (secondary N) is 1. The van der Waals surface area contributed by atoms with E-state index in [1.807, 2.05) is 30.3 Å². The van der Waals surface area contributed by atoms with Gasteiger partial charge in [0, 0.05) is 22.9 Å². The van der Waals surface area contributed by atoms with Crippen molar-refractivity contribution in [3.63, 3.8) is 0 Å². The van der Waals surface area contributed by atoms with Gasteiger partial charge in [0.05, 0.1) is 34.5 Å². The van der Waals surface area contributed by atoms with Gasteiger partial charge in [-0.2, -0.15) is 0 Å². The summed E-state index contributed by atoms with van der Waals surface area (Å²) in [5.74, 6) is 1.57. The molecule has 3 rings (SSSR count). The number of methoxy groups -OCH3 is 3. The van der Waals surface area contributed by atoms with E-state index in [0.29, 0.717) is 41.7 Å². The lowest BCUT2D eigenvalue weighted by Crippen LogP contribution is -2.13. The van der Waals surface area contributed by atoms with Crippen molar-refractivity contribution in [2.75, 3.05) is 26.6 Å². The fourth-order valence-electron chi connectivity index (χ4n) is 3.00. The maximum absolute atomic E-state index is 12.8. The molecule has 0 aromatic heterocycles. The molecular formula is C24H25NO5. The summed E-state index contributed by atoms with van der Waals surface area (Å²) >= 11 is 0. The Labute approximate surface area is 176 Å². The van der Waals surface area contributed by atoms with Crippen molar-refractivity contribution >= 4 is 11.6 Å². The van der Waals surface area contributed by atoms with Crippen LogP contribution in [0, 0.1) is 0 Å². The Morgan fingerprint density at radius 3 is 2.17 bits per heavy atom. The normalized spacial score (nSPS) is 10.4. The summed E-state index contributed by atoms with van der Waals surface area (Å²) in [6, 6.07) is 20.4. The van der Waals surface area contributed by atoms with Crippen LogP contribution in [0.15, 0.2) is 66.7 Å². The van der Waals surface area contributed by atoms with E-state index in [1.54, 1.807) is 57.7 Å². The molecule has 0 fully saturated rings. The molecule has 0 aliphatic carbocycles. The largest absolute Gasteiger partial charge is 0.496 e. The Balaban J connectivity index is 1.71. The molecule has 156 valence electrons. The zero-order valence-electron chi connectivity index (χ0n) is 17.3. The number of rotatable bonds is 9. The minimum absolute atomic E-state index is 0.241. The Bertz CT molecular complexity index is 988. The van der Waals surface area contributed by atoms with Crippen LogP contribution in [0.5, 0.6) is 17.2 Å². The third-order valence-corrected chi connectivity index (χ3v) is 4.55. The third kappa shape index (κ3) is 5.30. The summed E-state index contributed by atoms with van der Waals surface area (Å²) in [4.78, 5) is 12.8. The molecule has 0 aliphatic heterocycles. The molecule has 0 saturated heterocycles. The zero-order chi connectivity index (χ0) is 21.3. The Hall–Kier alpha value is -3.51. The lowest BCUT2D eigenvalue weighted by atomic mass is 10.1. The van der Waals surface area contributed by atoms with Crippen molar-refractivity contribution in [3.8, 4) is 17.2 Å². The second kappa shape index (κ2) is 10.3. The predicted octanol–water partition coefficient (Wildman–Crippen LogP) is 4.68. The van der Waals surface area contributed by atoms with E-state index in [9.17, 15) is 4.79 Å². The molecular weight excluding hydrogens is 382 g/mol. The monoisotopic (exact) mass is 407 g/mol. The number of hydrogen-bond donors (Lipinski definition) is 1. The van der Waals surface area contributed by atoms with Crippen LogP contribution in [-0.4, -0.2) is 27.2 Å². The van der Waals surface area contributed by atoms with Crippen LogP contribution in [0.2, 0.25) is 0 Å². The summed E-state index contributed by atoms with van der Waals surface area (Å²) in [5, 5.41) is 2.87. The van der Waals surface area contributed by atoms with Gasteiger partial charge in [-0.15, -0.1) is 0 Å². The topological polar surface area (TPSA) is 66.0 Å².